The fourth-order valence-electron chi connectivity index (χ4n) is 4.72. The zero-order valence-electron chi connectivity index (χ0n) is 18.5. The van der Waals surface area contributed by atoms with Gasteiger partial charge in [-0.1, -0.05) is 48.0 Å². The molecule has 1 N–H and O–H groups in total. The van der Waals surface area contributed by atoms with Crippen LogP contribution in [-0.4, -0.2) is 34.4 Å². The summed E-state index contributed by atoms with van der Waals surface area (Å²) in [5.74, 6) is 0.700. The second kappa shape index (κ2) is 8.83. The lowest BCUT2D eigenvalue weighted by Crippen LogP contribution is -2.41. The summed E-state index contributed by atoms with van der Waals surface area (Å²) in [6.07, 6.45) is 0.908. The molecule has 5 rings (SSSR count). The van der Waals surface area contributed by atoms with E-state index in [4.69, 9.17) is 16.3 Å². The number of ether oxygens (including phenoxy) is 1. The van der Waals surface area contributed by atoms with Crippen LogP contribution in [0.25, 0.3) is 10.9 Å². The van der Waals surface area contributed by atoms with Gasteiger partial charge in [0, 0.05) is 29.2 Å². The van der Waals surface area contributed by atoms with Gasteiger partial charge in [0.25, 0.3) is 5.69 Å². The molecule has 1 amide bonds. The fraction of sp³-hybridized carbons (Fsp3) is 0.192. The summed E-state index contributed by atoms with van der Waals surface area (Å²) < 4.78 is 5.41. The van der Waals surface area contributed by atoms with Crippen LogP contribution in [-0.2, 0) is 17.6 Å². The second-order valence-electron chi connectivity index (χ2n) is 8.30. The fourth-order valence-corrected chi connectivity index (χ4v) is 4.91. The molecule has 1 aromatic heterocycles. The molecule has 34 heavy (non-hydrogen) atoms. The van der Waals surface area contributed by atoms with Crippen molar-refractivity contribution >= 4 is 34.1 Å². The highest BCUT2D eigenvalue weighted by Gasteiger charge is 2.35. The number of amides is 1. The van der Waals surface area contributed by atoms with Crippen LogP contribution in [0.1, 0.15) is 28.4 Å². The topological polar surface area (TPSA) is 88.5 Å². The minimum Gasteiger partial charge on any atom is -0.497 e. The molecule has 0 radical (unpaired) electrons. The molecule has 7 nitrogen and oxygen atoms in total. The Hall–Kier alpha value is -3.84. The standard InChI is InChI=1S/C26H22ClN3O4/c1-34-18-8-10-22-20(15-18)19-11-12-29(24(31)13-16-5-3-2-4-6-16)26(25(19)28-22)17-7-9-21(27)23(14-17)30(32)33/h2-10,14-15,26,28H,11-13H2,1H3. The normalized spacial score (nSPS) is 15.2. The van der Waals surface area contributed by atoms with E-state index < -0.39 is 11.0 Å². The quantitative estimate of drug-likeness (QED) is 0.307. The predicted octanol–water partition coefficient (Wildman–Crippen LogP) is 5.45. The lowest BCUT2D eigenvalue weighted by Gasteiger charge is -2.36. The van der Waals surface area contributed by atoms with E-state index >= 15 is 0 Å². The van der Waals surface area contributed by atoms with Crippen LogP contribution >= 0.6 is 11.6 Å². The van der Waals surface area contributed by atoms with Gasteiger partial charge in [-0.05, 0) is 47.4 Å². The Balaban J connectivity index is 1.64. The number of nitrogens with zero attached hydrogens (tertiary/aromatic N) is 2. The van der Waals surface area contributed by atoms with E-state index in [1.807, 2.05) is 48.5 Å². The Kier molecular flexibility index (Phi) is 5.71. The highest BCUT2D eigenvalue weighted by Crippen LogP contribution is 2.41. The van der Waals surface area contributed by atoms with Gasteiger partial charge in [0.15, 0.2) is 0 Å². The number of aromatic amines is 1. The number of H-pyrrole nitrogens is 1. The average Bonchev–Trinajstić information content (AvgIpc) is 3.22. The average molecular weight is 476 g/mol. The van der Waals surface area contributed by atoms with Crippen LogP contribution in [0.4, 0.5) is 5.69 Å². The summed E-state index contributed by atoms with van der Waals surface area (Å²) in [4.78, 5) is 29.9. The number of carbonyl (C=O) groups is 1. The molecule has 0 saturated heterocycles. The maximum atomic E-state index is 13.5. The lowest BCUT2D eigenvalue weighted by atomic mass is 9.91. The minimum atomic E-state index is -0.505. The van der Waals surface area contributed by atoms with Gasteiger partial charge in [-0.3, -0.25) is 14.9 Å². The van der Waals surface area contributed by atoms with E-state index in [9.17, 15) is 14.9 Å². The van der Waals surface area contributed by atoms with Gasteiger partial charge in [0.05, 0.1) is 24.5 Å². The van der Waals surface area contributed by atoms with Crippen molar-refractivity contribution < 1.29 is 14.5 Å². The number of rotatable bonds is 5. The molecular weight excluding hydrogens is 454 g/mol. The first-order valence-electron chi connectivity index (χ1n) is 10.9. The Morgan fingerprint density at radius 2 is 1.97 bits per heavy atom. The monoisotopic (exact) mass is 475 g/mol. The van der Waals surface area contributed by atoms with Gasteiger partial charge in [0.2, 0.25) is 5.91 Å². The van der Waals surface area contributed by atoms with Crippen molar-refractivity contribution in [3.8, 4) is 5.75 Å². The first-order valence-corrected chi connectivity index (χ1v) is 11.3. The van der Waals surface area contributed by atoms with Crippen LogP contribution in [0, 0.1) is 10.1 Å². The van der Waals surface area contributed by atoms with Gasteiger partial charge in [-0.2, -0.15) is 0 Å². The molecule has 3 aromatic carbocycles. The largest absolute Gasteiger partial charge is 0.497 e. The van der Waals surface area contributed by atoms with Gasteiger partial charge < -0.3 is 14.6 Å². The van der Waals surface area contributed by atoms with Crippen LogP contribution in [0.5, 0.6) is 5.75 Å². The molecule has 2 heterocycles. The lowest BCUT2D eigenvalue weighted by molar-refractivity contribution is -0.384. The van der Waals surface area contributed by atoms with Gasteiger partial charge in [-0.15, -0.1) is 0 Å². The number of hydrogen-bond donors (Lipinski definition) is 1. The molecule has 1 aliphatic heterocycles. The number of fused-ring (bicyclic) bond motifs is 3. The van der Waals surface area contributed by atoms with Gasteiger partial charge in [0.1, 0.15) is 10.8 Å². The summed E-state index contributed by atoms with van der Waals surface area (Å²) in [6, 6.07) is 19.6. The molecule has 1 unspecified atom stereocenters. The zero-order valence-corrected chi connectivity index (χ0v) is 19.2. The number of nitrogens with one attached hydrogen (secondary N) is 1. The molecule has 1 atom stereocenters. The minimum absolute atomic E-state index is 0.0457. The Labute approximate surface area is 201 Å². The van der Waals surface area contributed by atoms with Crippen molar-refractivity contribution in [2.75, 3.05) is 13.7 Å². The highest BCUT2D eigenvalue weighted by atomic mass is 35.5. The first-order chi connectivity index (χ1) is 16.5. The number of benzene rings is 3. The van der Waals surface area contributed by atoms with E-state index in [1.54, 1.807) is 18.1 Å². The third-order valence-corrected chi connectivity index (χ3v) is 6.65. The maximum absolute atomic E-state index is 13.5. The number of methoxy groups -OCH3 is 1. The highest BCUT2D eigenvalue weighted by molar-refractivity contribution is 6.32. The van der Waals surface area contributed by atoms with Gasteiger partial charge in [-0.25, -0.2) is 0 Å². The number of nitro groups is 1. The number of carbonyl (C=O) groups excluding carboxylic acids is 1. The molecular formula is C26H22ClN3O4. The number of halogens is 1. The molecule has 0 aliphatic carbocycles. The van der Waals surface area contributed by atoms with E-state index in [1.165, 1.54) is 12.1 Å². The SMILES string of the molecule is COc1ccc2[nH]c3c(c2c1)CCN(C(=O)Cc1ccccc1)C3c1ccc(Cl)c([N+](=O)[O-])c1. The third kappa shape index (κ3) is 3.88. The smallest absolute Gasteiger partial charge is 0.288 e. The summed E-state index contributed by atoms with van der Waals surface area (Å²) in [5.41, 5.74) is 4.24. The zero-order chi connectivity index (χ0) is 23.8. The van der Waals surface area contributed by atoms with Crippen molar-refractivity contribution in [3.63, 3.8) is 0 Å². The van der Waals surface area contributed by atoms with Crippen LogP contribution in [0.2, 0.25) is 5.02 Å². The second-order valence-corrected chi connectivity index (χ2v) is 8.71. The van der Waals surface area contributed by atoms with E-state index in [0.29, 0.717) is 18.5 Å². The summed E-state index contributed by atoms with van der Waals surface area (Å²) in [7, 11) is 1.62. The molecule has 0 saturated carbocycles. The van der Waals surface area contributed by atoms with Crippen molar-refractivity contribution in [2.24, 2.45) is 0 Å². The van der Waals surface area contributed by atoms with Crippen molar-refractivity contribution in [1.29, 1.82) is 0 Å². The summed E-state index contributed by atoms with van der Waals surface area (Å²) >= 11 is 6.09. The summed E-state index contributed by atoms with van der Waals surface area (Å²) in [6.45, 7) is 0.490. The van der Waals surface area contributed by atoms with Crippen molar-refractivity contribution in [1.82, 2.24) is 9.88 Å². The number of aromatic nitrogens is 1. The Bertz CT molecular complexity index is 1400. The molecule has 1 aliphatic rings. The van der Waals surface area contributed by atoms with Crippen LogP contribution in [0.3, 0.4) is 0 Å². The summed E-state index contributed by atoms with van der Waals surface area (Å²) in [5, 5.41) is 12.7. The molecule has 4 aromatic rings. The molecule has 0 spiro atoms. The number of hydrogen-bond acceptors (Lipinski definition) is 4. The van der Waals surface area contributed by atoms with Crippen molar-refractivity contribution in [2.45, 2.75) is 18.9 Å². The van der Waals surface area contributed by atoms with Crippen LogP contribution < -0.4 is 4.74 Å². The van der Waals surface area contributed by atoms with Crippen molar-refractivity contribution in [3.05, 3.63) is 104 Å². The maximum Gasteiger partial charge on any atom is 0.288 e. The molecule has 0 fully saturated rings. The third-order valence-electron chi connectivity index (χ3n) is 6.34. The van der Waals surface area contributed by atoms with E-state index in [0.717, 1.165) is 33.5 Å². The molecule has 8 heteroatoms. The Morgan fingerprint density at radius 3 is 2.71 bits per heavy atom. The van der Waals surface area contributed by atoms with Gasteiger partial charge >= 0.3 is 0 Å². The van der Waals surface area contributed by atoms with E-state index in [-0.39, 0.29) is 23.0 Å². The Morgan fingerprint density at radius 1 is 1.18 bits per heavy atom. The predicted molar refractivity (Wildman–Crippen MR) is 130 cm³/mol. The van der Waals surface area contributed by atoms with Crippen LogP contribution in [0.15, 0.2) is 66.7 Å². The molecule has 172 valence electrons. The first kappa shape index (κ1) is 22.0. The number of nitro benzene ring substituents is 1. The molecule has 0 bridgehead atoms. The van der Waals surface area contributed by atoms with E-state index in [2.05, 4.69) is 4.98 Å².